The van der Waals surface area contributed by atoms with Crippen molar-refractivity contribution in [1.29, 1.82) is 0 Å². The minimum Gasteiger partial charge on any atom is -0.293 e. The molecule has 1 aromatic carbocycles. The number of Topliss-reactive ketones (excluding diaryl/α,β-unsaturated/α-hetero) is 1. The first-order valence-electron chi connectivity index (χ1n) is 5.10. The van der Waals surface area contributed by atoms with Gasteiger partial charge in [0.2, 0.25) is 0 Å². The standard InChI is InChI=1S/C13H10ClFOS/c1-8-6-12(17-13(8)14)11(16)7-9-2-4-10(15)5-3-9/h2-6H,7H2,1H3. The van der Waals surface area contributed by atoms with E-state index in [2.05, 4.69) is 0 Å². The first kappa shape index (κ1) is 12.3. The third-order valence-corrected chi connectivity index (χ3v) is 4.01. The second kappa shape index (κ2) is 4.98. The van der Waals surface area contributed by atoms with Gasteiger partial charge in [-0.2, -0.15) is 0 Å². The molecule has 0 amide bonds. The first-order valence-corrected chi connectivity index (χ1v) is 6.29. The van der Waals surface area contributed by atoms with Gasteiger partial charge in [-0.15, -0.1) is 11.3 Å². The molecule has 0 saturated heterocycles. The van der Waals surface area contributed by atoms with Crippen LogP contribution in [0, 0.1) is 12.7 Å². The Morgan fingerprint density at radius 3 is 2.53 bits per heavy atom. The van der Waals surface area contributed by atoms with E-state index in [1.807, 2.05) is 6.92 Å². The molecule has 0 radical (unpaired) electrons. The highest BCUT2D eigenvalue weighted by molar-refractivity contribution is 7.18. The van der Waals surface area contributed by atoms with Crippen molar-refractivity contribution in [1.82, 2.24) is 0 Å². The van der Waals surface area contributed by atoms with Crippen molar-refractivity contribution < 1.29 is 9.18 Å². The summed E-state index contributed by atoms with van der Waals surface area (Å²) >= 11 is 7.20. The topological polar surface area (TPSA) is 17.1 Å². The van der Waals surface area contributed by atoms with E-state index in [1.54, 1.807) is 18.2 Å². The lowest BCUT2D eigenvalue weighted by Crippen LogP contribution is -2.00. The van der Waals surface area contributed by atoms with E-state index in [0.29, 0.717) is 9.21 Å². The second-order valence-electron chi connectivity index (χ2n) is 3.79. The van der Waals surface area contributed by atoms with Crippen LogP contribution in [0.3, 0.4) is 0 Å². The predicted molar refractivity (Wildman–Crippen MR) is 68.5 cm³/mol. The first-order chi connectivity index (χ1) is 8.06. The van der Waals surface area contributed by atoms with Gasteiger partial charge in [0.1, 0.15) is 5.82 Å². The molecule has 88 valence electrons. The number of rotatable bonds is 3. The van der Waals surface area contributed by atoms with Gasteiger partial charge in [-0.1, -0.05) is 23.7 Å². The molecule has 0 unspecified atom stereocenters. The van der Waals surface area contributed by atoms with Crippen LogP contribution in [0.4, 0.5) is 4.39 Å². The van der Waals surface area contributed by atoms with E-state index in [0.717, 1.165) is 11.1 Å². The van der Waals surface area contributed by atoms with Crippen molar-refractivity contribution in [3.05, 3.63) is 56.5 Å². The summed E-state index contributed by atoms with van der Waals surface area (Å²) in [6, 6.07) is 7.74. The van der Waals surface area contributed by atoms with Crippen LogP contribution in [0.2, 0.25) is 4.34 Å². The number of carbonyl (C=O) groups excluding carboxylic acids is 1. The molecule has 0 bridgehead atoms. The Bertz CT molecular complexity index is 526. The molecular formula is C13H10ClFOS. The Labute approximate surface area is 108 Å². The highest BCUT2D eigenvalue weighted by Gasteiger charge is 2.12. The fourth-order valence-corrected chi connectivity index (χ4v) is 2.61. The second-order valence-corrected chi connectivity index (χ2v) is 5.45. The molecule has 0 aliphatic heterocycles. The van der Waals surface area contributed by atoms with Crippen LogP contribution in [-0.2, 0) is 6.42 Å². The molecule has 4 heteroatoms. The largest absolute Gasteiger partial charge is 0.293 e. The van der Waals surface area contributed by atoms with Gasteiger partial charge in [0.25, 0.3) is 0 Å². The van der Waals surface area contributed by atoms with Crippen LogP contribution < -0.4 is 0 Å². The number of thiophene rings is 1. The smallest absolute Gasteiger partial charge is 0.177 e. The van der Waals surface area contributed by atoms with Gasteiger partial charge in [-0.05, 0) is 36.2 Å². The van der Waals surface area contributed by atoms with E-state index in [-0.39, 0.29) is 18.0 Å². The fraction of sp³-hybridized carbons (Fsp3) is 0.154. The van der Waals surface area contributed by atoms with E-state index >= 15 is 0 Å². The molecule has 1 nitrogen and oxygen atoms in total. The number of benzene rings is 1. The van der Waals surface area contributed by atoms with Crippen LogP contribution >= 0.6 is 22.9 Å². The molecule has 0 N–H and O–H groups in total. The maximum atomic E-state index is 12.7. The lowest BCUT2D eigenvalue weighted by atomic mass is 10.1. The summed E-state index contributed by atoms with van der Waals surface area (Å²) in [7, 11) is 0. The summed E-state index contributed by atoms with van der Waals surface area (Å²) in [5, 5.41) is 0. The molecule has 0 spiro atoms. The third kappa shape index (κ3) is 2.93. The summed E-state index contributed by atoms with van der Waals surface area (Å²) in [5.74, 6) is -0.284. The minimum absolute atomic E-state index is 0.0107. The van der Waals surface area contributed by atoms with Crippen LogP contribution in [0.15, 0.2) is 30.3 Å². The highest BCUT2D eigenvalue weighted by Crippen LogP contribution is 2.27. The van der Waals surface area contributed by atoms with E-state index in [9.17, 15) is 9.18 Å². The van der Waals surface area contributed by atoms with Gasteiger partial charge in [0.15, 0.2) is 5.78 Å². The van der Waals surface area contributed by atoms with Gasteiger partial charge in [0.05, 0.1) is 9.21 Å². The molecule has 0 saturated carbocycles. The summed E-state index contributed by atoms with van der Waals surface area (Å²) in [4.78, 5) is 12.6. The SMILES string of the molecule is Cc1cc(C(=O)Cc2ccc(F)cc2)sc1Cl. The number of hydrogen-bond acceptors (Lipinski definition) is 2. The average molecular weight is 269 g/mol. The van der Waals surface area contributed by atoms with E-state index in [4.69, 9.17) is 11.6 Å². The Hall–Kier alpha value is -1.19. The Morgan fingerprint density at radius 1 is 1.35 bits per heavy atom. The van der Waals surface area contributed by atoms with Crippen molar-refractivity contribution in [3.63, 3.8) is 0 Å². The minimum atomic E-state index is -0.295. The lowest BCUT2D eigenvalue weighted by Gasteiger charge is -1.98. The van der Waals surface area contributed by atoms with Crippen LogP contribution in [0.1, 0.15) is 20.8 Å². The molecule has 17 heavy (non-hydrogen) atoms. The molecule has 2 aromatic rings. The maximum absolute atomic E-state index is 12.7. The predicted octanol–water partition coefficient (Wildman–Crippen LogP) is 4.27. The average Bonchev–Trinajstić information content (AvgIpc) is 2.63. The van der Waals surface area contributed by atoms with Crippen molar-refractivity contribution in [2.75, 3.05) is 0 Å². The Morgan fingerprint density at radius 2 is 2.00 bits per heavy atom. The summed E-state index contributed by atoms with van der Waals surface area (Å²) in [6.07, 6.45) is 0.274. The number of carbonyl (C=O) groups is 1. The van der Waals surface area contributed by atoms with Crippen LogP contribution in [0.25, 0.3) is 0 Å². The van der Waals surface area contributed by atoms with Gasteiger partial charge in [0, 0.05) is 6.42 Å². The molecular weight excluding hydrogens is 259 g/mol. The zero-order chi connectivity index (χ0) is 12.4. The van der Waals surface area contributed by atoms with Gasteiger partial charge in [-0.25, -0.2) is 4.39 Å². The fourth-order valence-electron chi connectivity index (χ4n) is 1.47. The summed E-state index contributed by atoms with van der Waals surface area (Å²) in [6.45, 7) is 1.87. The third-order valence-electron chi connectivity index (χ3n) is 2.41. The number of halogens is 2. The van der Waals surface area contributed by atoms with E-state index in [1.165, 1.54) is 23.5 Å². The number of hydrogen-bond donors (Lipinski definition) is 0. The van der Waals surface area contributed by atoms with Crippen molar-refractivity contribution in [3.8, 4) is 0 Å². The normalized spacial score (nSPS) is 10.5. The van der Waals surface area contributed by atoms with Crippen LogP contribution in [0.5, 0.6) is 0 Å². The van der Waals surface area contributed by atoms with Gasteiger partial charge >= 0.3 is 0 Å². The zero-order valence-electron chi connectivity index (χ0n) is 9.17. The lowest BCUT2D eigenvalue weighted by molar-refractivity contribution is 0.0996. The molecule has 1 aromatic heterocycles. The molecule has 0 atom stereocenters. The highest BCUT2D eigenvalue weighted by atomic mass is 35.5. The number of ketones is 1. The van der Waals surface area contributed by atoms with Crippen LogP contribution in [-0.4, -0.2) is 5.78 Å². The van der Waals surface area contributed by atoms with Gasteiger partial charge < -0.3 is 0 Å². The molecule has 0 fully saturated rings. The number of aryl methyl sites for hydroxylation is 1. The zero-order valence-corrected chi connectivity index (χ0v) is 10.7. The quantitative estimate of drug-likeness (QED) is 0.760. The maximum Gasteiger partial charge on any atom is 0.177 e. The summed E-state index contributed by atoms with van der Waals surface area (Å²) in [5.41, 5.74) is 1.72. The van der Waals surface area contributed by atoms with E-state index < -0.39 is 0 Å². The monoisotopic (exact) mass is 268 g/mol. The van der Waals surface area contributed by atoms with Crippen molar-refractivity contribution >= 4 is 28.7 Å². The molecule has 0 aliphatic rings. The molecule has 1 heterocycles. The Kier molecular flexibility index (Phi) is 3.60. The summed E-state index contributed by atoms with van der Waals surface area (Å²) < 4.78 is 13.3. The molecule has 0 aliphatic carbocycles. The van der Waals surface area contributed by atoms with Crippen molar-refractivity contribution in [2.24, 2.45) is 0 Å². The van der Waals surface area contributed by atoms with Gasteiger partial charge in [-0.3, -0.25) is 4.79 Å². The van der Waals surface area contributed by atoms with Crippen molar-refractivity contribution in [2.45, 2.75) is 13.3 Å². The Balaban J connectivity index is 2.14. The molecule has 2 rings (SSSR count).